The van der Waals surface area contributed by atoms with E-state index < -0.39 is 44.0 Å². The van der Waals surface area contributed by atoms with E-state index in [4.69, 9.17) is 17.3 Å². The van der Waals surface area contributed by atoms with Crippen LogP contribution in [0.4, 0.5) is 18.9 Å². The molecule has 4 atom stereocenters. The van der Waals surface area contributed by atoms with Crippen molar-refractivity contribution < 1.29 is 31.5 Å². The van der Waals surface area contributed by atoms with Crippen molar-refractivity contribution in [3.63, 3.8) is 0 Å². The highest BCUT2D eigenvalue weighted by molar-refractivity contribution is 7.92. The van der Waals surface area contributed by atoms with Crippen molar-refractivity contribution in [1.29, 1.82) is 0 Å². The van der Waals surface area contributed by atoms with Gasteiger partial charge in [0, 0.05) is 28.9 Å². The fourth-order valence-corrected chi connectivity index (χ4v) is 8.02. The predicted octanol–water partition coefficient (Wildman–Crippen LogP) is 3.66. The summed E-state index contributed by atoms with van der Waals surface area (Å²) < 4.78 is 67.2. The summed E-state index contributed by atoms with van der Waals surface area (Å²) in [6.45, 7) is -0.228. The summed E-state index contributed by atoms with van der Waals surface area (Å²) >= 11 is 6.21. The van der Waals surface area contributed by atoms with E-state index in [-0.39, 0.29) is 39.6 Å². The molecule has 2 fully saturated rings. The first-order valence-electron chi connectivity index (χ1n) is 10.3. The second-order valence-electron chi connectivity index (χ2n) is 8.89. The van der Waals surface area contributed by atoms with Crippen molar-refractivity contribution in [2.75, 3.05) is 11.9 Å². The molecule has 2 aliphatic carbocycles. The van der Waals surface area contributed by atoms with Gasteiger partial charge in [0.05, 0.1) is 21.8 Å². The maximum absolute atomic E-state index is 13.6. The number of sulfone groups is 1. The molecule has 0 radical (unpaired) electrons. The predicted molar refractivity (Wildman–Crippen MR) is 116 cm³/mol. The fourth-order valence-electron chi connectivity index (χ4n) is 5.18. The lowest BCUT2D eigenvalue weighted by Gasteiger charge is -2.40. The number of hydrogen-bond donors (Lipinski definition) is 3. The average molecular weight is 503 g/mol. The Labute approximate surface area is 193 Å². The molecule has 0 spiro atoms. The van der Waals surface area contributed by atoms with Gasteiger partial charge in [0.25, 0.3) is 5.91 Å². The Morgan fingerprint density at radius 3 is 2.24 bits per heavy atom. The van der Waals surface area contributed by atoms with Gasteiger partial charge in [-0.2, -0.15) is 0 Å². The van der Waals surface area contributed by atoms with E-state index in [2.05, 4.69) is 5.32 Å². The number of amides is 1. The second-order valence-corrected chi connectivity index (χ2v) is 11.4. The number of nitrogens with two attached hydrogens (primary N) is 1. The Bertz CT molecular complexity index is 1190. The molecule has 178 valence electrons. The number of rotatable bonds is 5. The van der Waals surface area contributed by atoms with Crippen molar-refractivity contribution in [3.05, 3.63) is 58.4 Å². The van der Waals surface area contributed by atoms with Crippen molar-refractivity contribution in [3.8, 4) is 0 Å². The van der Waals surface area contributed by atoms with Crippen LogP contribution < -0.4 is 11.1 Å². The van der Waals surface area contributed by atoms with Crippen LogP contribution >= 0.6 is 11.6 Å². The Morgan fingerprint density at radius 1 is 1.12 bits per heavy atom. The molecule has 4 N–H and O–H groups in total. The summed E-state index contributed by atoms with van der Waals surface area (Å²) in [6.07, 6.45) is 2.05. The molecule has 2 aromatic carbocycles. The highest BCUT2D eigenvalue weighted by Gasteiger charge is 2.53. The number of aliphatic hydroxyl groups excluding tert-OH is 1. The normalized spacial score (nSPS) is 26.9. The van der Waals surface area contributed by atoms with Gasteiger partial charge < -0.3 is 16.2 Å². The van der Waals surface area contributed by atoms with Crippen molar-refractivity contribution in [1.82, 2.24) is 0 Å². The molecule has 1 amide bonds. The molecule has 0 heterocycles. The summed E-state index contributed by atoms with van der Waals surface area (Å²) in [4.78, 5) is 12.4. The number of halogens is 4. The van der Waals surface area contributed by atoms with Crippen molar-refractivity contribution >= 4 is 33.0 Å². The van der Waals surface area contributed by atoms with Gasteiger partial charge in [-0.3, -0.25) is 4.79 Å². The lowest BCUT2D eigenvalue weighted by molar-refractivity contribution is 0.102. The zero-order chi connectivity index (χ0) is 24.1. The van der Waals surface area contributed by atoms with Gasteiger partial charge in [0.1, 0.15) is 0 Å². The van der Waals surface area contributed by atoms with Crippen LogP contribution in [0.5, 0.6) is 0 Å². The number of aliphatic hydroxyl groups is 1. The molecule has 0 saturated heterocycles. The molecular formula is C22H22ClF3N2O4S. The maximum Gasteiger partial charge on any atom is 0.255 e. The summed E-state index contributed by atoms with van der Waals surface area (Å²) in [5, 5.41) is 11.1. The molecule has 3 unspecified atom stereocenters. The van der Waals surface area contributed by atoms with E-state index in [1.54, 1.807) is 0 Å². The summed E-state index contributed by atoms with van der Waals surface area (Å²) in [7, 11) is -3.95. The largest absolute Gasteiger partial charge is 0.394 e. The number of benzene rings is 2. The molecule has 33 heavy (non-hydrogen) atoms. The van der Waals surface area contributed by atoms with E-state index >= 15 is 0 Å². The number of nitrogens with one attached hydrogen (secondary N) is 1. The minimum atomic E-state index is -3.95. The average Bonchev–Trinajstić information content (AvgIpc) is 3.05. The third kappa shape index (κ3) is 4.37. The van der Waals surface area contributed by atoms with E-state index in [1.165, 1.54) is 12.1 Å². The van der Waals surface area contributed by atoms with Gasteiger partial charge >= 0.3 is 0 Å². The Hall–Kier alpha value is -2.14. The van der Waals surface area contributed by atoms with Gasteiger partial charge in [-0.15, -0.1) is 0 Å². The molecular weight excluding hydrogens is 481 g/mol. The van der Waals surface area contributed by atoms with Gasteiger partial charge in [-0.05, 0) is 55.7 Å². The second kappa shape index (κ2) is 8.57. The SMILES string of the molecule is NC1(CO)CC2CC[C@@H](C1)C2S(=O)(=O)c1cc(C(=O)Nc2cc(F)c(F)c(F)c2)ccc1Cl. The van der Waals surface area contributed by atoms with Crippen LogP contribution in [-0.4, -0.2) is 36.8 Å². The molecule has 2 aliphatic rings. The molecule has 6 nitrogen and oxygen atoms in total. The third-order valence-corrected chi connectivity index (χ3v) is 9.47. The fraction of sp³-hybridized carbons (Fsp3) is 0.409. The number of carbonyl (C=O) groups excluding carboxylic acids is 1. The third-order valence-electron chi connectivity index (χ3n) is 6.59. The molecule has 2 aromatic rings. The zero-order valence-corrected chi connectivity index (χ0v) is 18.9. The lowest BCUT2D eigenvalue weighted by atomic mass is 9.76. The Morgan fingerprint density at radius 2 is 1.70 bits per heavy atom. The summed E-state index contributed by atoms with van der Waals surface area (Å²) in [5.41, 5.74) is 4.97. The zero-order valence-electron chi connectivity index (χ0n) is 17.3. The summed E-state index contributed by atoms with van der Waals surface area (Å²) in [5.74, 6) is -5.96. The maximum atomic E-state index is 13.6. The first-order valence-corrected chi connectivity index (χ1v) is 12.3. The Balaban J connectivity index is 1.63. The van der Waals surface area contributed by atoms with Gasteiger partial charge in [-0.25, -0.2) is 21.6 Å². The van der Waals surface area contributed by atoms with Crippen LogP contribution in [0.2, 0.25) is 5.02 Å². The van der Waals surface area contributed by atoms with Crippen LogP contribution in [0.25, 0.3) is 0 Å². The van der Waals surface area contributed by atoms with E-state index in [1.807, 2.05) is 0 Å². The molecule has 0 aliphatic heterocycles. The molecule has 2 saturated carbocycles. The molecule has 11 heteroatoms. The number of carbonyl (C=O) groups is 1. The van der Waals surface area contributed by atoms with E-state index in [0.29, 0.717) is 37.8 Å². The minimum Gasteiger partial charge on any atom is -0.394 e. The topological polar surface area (TPSA) is 109 Å². The van der Waals surface area contributed by atoms with E-state index in [9.17, 15) is 31.5 Å². The summed E-state index contributed by atoms with van der Waals surface area (Å²) in [6, 6.07) is 4.90. The molecule has 2 bridgehead atoms. The number of fused-ring (bicyclic) bond motifs is 2. The Kier molecular flexibility index (Phi) is 6.24. The number of hydrogen-bond acceptors (Lipinski definition) is 5. The first-order chi connectivity index (χ1) is 15.4. The monoisotopic (exact) mass is 502 g/mol. The van der Waals surface area contributed by atoms with E-state index in [0.717, 1.165) is 6.07 Å². The van der Waals surface area contributed by atoms with Crippen LogP contribution in [0, 0.1) is 29.3 Å². The van der Waals surface area contributed by atoms with Crippen LogP contribution in [0.1, 0.15) is 36.0 Å². The first kappa shape index (κ1) is 24.0. The quantitative estimate of drug-likeness (QED) is 0.541. The highest BCUT2D eigenvalue weighted by Crippen LogP contribution is 2.50. The van der Waals surface area contributed by atoms with Gasteiger partial charge in [0.15, 0.2) is 27.3 Å². The standard InChI is InChI=1S/C22H22ClF3N2O4S/c23-15-4-3-11(21(30)28-14-6-16(24)19(26)17(25)7-14)5-18(15)33(31,32)20-12-1-2-13(20)9-22(27,8-12)10-29/h3-7,12-13,20,29H,1-2,8-10,27H2,(H,28,30)/t12-,13?,20?,22?/m0/s1. The van der Waals surface area contributed by atoms with Crippen molar-refractivity contribution in [2.45, 2.75) is 41.4 Å². The van der Waals surface area contributed by atoms with Crippen LogP contribution in [-0.2, 0) is 9.84 Å². The van der Waals surface area contributed by atoms with Crippen LogP contribution in [0.15, 0.2) is 35.2 Å². The van der Waals surface area contributed by atoms with Gasteiger partial charge in [-0.1, -0.05) is 11.6 Å². The highest BCUT2D eigenvalue weighted by atomic mass is 35.5. The van der Waals surface area contributed by atoms with Crippen molar-refractivity contribution in [2.24, 2.45) is 17.6 Å². The molecule has 4 rings (SSSR count). The smallest absolute Gasteiger partial charge is 0.255 e. The van der Waals surface area contributed by atoms with Gasteiger partial charge in [0.2, 0.25) is 0 Å². The number of anilines is 1. The lowest BCUT2D eigenvalue weighted by Crippen LogP contribution is -2.53. The van der Waals surface area contributed by atoms with Crippen LogP contribution in [0.3, 0.4) is 0 Å². The molecule has 0 aromatic heterocycles. The minimum absolute atomic E-state index is 0.0587.